The van der Waals surface area contributed by atoms with Crippen LogP contribution in [0.15, 0.2) is 35.7 Å². The van der Waals surface area contributed by atoms with Crippen LogP contribution in [0.4, 0.5) is 0 Å². The van der Waals surface area contributed by atoms with E-state index in [0.717, 1.165) is 22.7 Å². The number of hydrogen-bond donors (Lipinski definition) is 2. The predicted octanol–water partition coefficient (Wildman–Crippen LogP) is 2.73. The molecule has 22 heavy (non-hydrogen) atoms. The number of aromatic nitrogens is 1. The molecule has 0 unspecified atom stereocenters. The van der Waals surface area contributed by atoms with Crippen LogP contribution in [0, 0.1) is 0 Å². The zero-order valence-electron chi connectivity index (χ0n) is 12.1. The summed E-state index contributed by atoms with van der Waals surface area (Å²) in [5.74, 6) is -1.18. The van der Waals surface area contributed by atoms with Gasteiger partial charge in [0, 0.05) is 11.5 Å². The van der Waals surface area contributed by atoms with E-state index < -0.39 is 5.97 Å². The number of thiazole rings is 1. The molecule has 0 atom stereocenters. The van der Waals surface area contributed by atoms with E-state index in [9.17, 15) is 9.59 Å². The number of nitrogens with zero attached hydrogens (tertiary/aromatic N) is 1. The summed E-state index contributed by atoms with van der Waals surface area (Å²) in [6.45, 7) is 2.44. The molecule has 1 aromatic heterocycles. The fourth-order valence-corrected chi connectivity index (χ4v) is 2.48. The van der Waals surface area contributed by atoms with E-state index in [-0.39, 0.29) is 11.5 Å². The van der Waals surface area contributed by atoms with Gasteiger partial charge in [-0.1, -0.05) is 19.1 Å². The van der Waals surface area contributed by atoms with E-state index in [1.807, 2.05) is 12.3 Å². The van der Waals surface area contributed by atoms with Crippen LogP contribution in [-0.4, -0.2) is 22.0 Å². The number of nitrogens with one attached hydrogen (secondary N) is 1. The molecule has 0 saturated carbocycles. The molecule has 2 rings (SSSR count). The van der Waals surface area contributed by atoms with Gasteiger partial charge in [-0.3, -0.25) is 4.79 Å². The Bertz CT molecular complexity index is 690. The first kappa shape index (κ1) is 15.9. The lowest BCUT2D eigenvalue weighted by atomic mass is 10.1. The monoisotopic (exact) mass is 316 g/mol. The van der Waals surface area contributed by atoms with Crippen molar-refractivity contribution in [3.05, 3.63) is 57.6 Å². The first-order chi connectivity index (χ1) is 10.6. The molecule has 1 aromatic carbocycles. The third-order valence-corrected chi connectivity index (χ3v) is 3.97. The minimum Gasteiger partial charge on any atom is -0.478 e. The van der Waals surface area contributed by atoms with Crippen molar-refractivity contribution in [1.82, 2.24) is 10.3 Å². The van der Waals surface area contributed by atoms with Crippen molar-refractivity contribution in [2.75, 3.05) is 0 Å². The highest BCUT2D eigenvalue weighted by atomic mass is 32.1. The summed E-state index contributed by atoms with van der Waals surface area (Å²) in [7, 11) is 0. The molecule has 0 aliphatic rings. The third-order valence-electron chi connectivity index (χ3n) is 2.93. The Morgan fingerprint density at radius 1 is 1.32 bits per heavy atom. The first-order valence-corrected chi connectivity index (χ1v) is 7.69. The zero-order chi connectivity index (χ0) is 15.9. The lowest BCUT2D eigenvalue weighted by molar-refractivity contribution is -0.116. The maximum atomic E-state index is 11.7. The molecule has 0 saturated heterocycles. The van der Waals surface area contributed by atoms with Crippen molar-refractivity contribution >= 4 is 29.3 Å². The minimum absolute atomic E-state index is 0.214. The van der Waals surface area contributed by atoms with Crippen LogP contribution in [-0.2, 0) is 17.8 Å². The number of aromatic carboxylic acids is 1. The average Bonchev–Trinajstić information content (AvgIpc) is 2.99. The van der Waals surface area contributed by atoms with Crippen LogP contribution in [0.2, 0.25) is 0 Å². The number of carboxylic acids is 1. The van der Waals surface area contributed by atoms with E-state index in [1.54, 1.807) is 29.5 Å². The largest absolute Gasteiger partial charge is 0.478 e. The smallest absolute Gasteiger partial charge is 0.335 e. The highest BCUT2D eigenvalue weighted by Crippen LogP contribution is 2.10. The van der Waals surface area contributed by atoms with Gasteiger partial charge in [0.25, 0.3) is 0 Å². The topological polar surface area (TPSA) is 79.3 Å². The highest BCUT2D eigenvalue weighted by Gasteiger charge is 2.02. The van der Waals surface area contributed by atoms with Crippen molar-refractivity contribution in [1.29, 1.82) is 0 Å². The van der Waals surface area contributed by atoms with Gasteiger partial charge in [0.05, 0.1) is 22.8 Å². The summed E-state index contributed by atoms with van der Waals surface area (Å²) < 4.78 is 0. The van der Waals surface area contributed by atoms with Crippen LogP contribution in [0.25, 0.3) is 6.08 Å². The Morgan fingerprint density at radius 3 is 2.64 bits per heavy atom. The van der Waals surface area contributed by atoms with Crippen molar-refractivity contribution in [3.8, 4) is 0 Å². The molecular formula is C16H16N2O3S. The van der Waals surface area contributed by atoms with Gasteiger partial charge in [0.1, 0.15) is 0 Å². The number of carbonyl (C=O) groups excluding carboxylic acids is 1. The zero-order valence-corrected chi connectivity index (χ0v) is 12.9. The van der Waals surface area contributed by atoms with E-state index in [0.29, 0.717) is 6.54 Å². The van der Waals surface area contributed by atoms with Crippen molar-refractivity contribution in [2.24, 2.45) is 0 Å². The fraction of sp³-hybridized carbons (Fsp3) is 0.188. The summed E-state index contributed by atoms with van der Waals surface area (Å²) in [5.41, 5.74) is 1.84. The predicted molar refractivity (Wildman–Crippen MR) is 85.8 cm³/mol. The maximum absolute atomic E-state index is 11.7. The summed E-state index contributed by atoms with van der Waals surface area (Å²) in [6.07, 6.45) is 3.95. The Kier molecular flexibility index (Phi) is 5.43. The Hall–Kier alpha value is -2.47. The minimum atomic E-state index is -0.969. The molecule has 2 aromatic rings. The third kappa shape index (κ3) is 4.53. The molecule has 0 aliphatic heterocycles. The number of aryl methyl sites for hydroxylation is 1. The van der Waals surface area contributed by atoms with Crippen molar-refractivity contribution in [3.63, 3.8) is 0 Å². The second-order valence-corrected chi connectivity index (χ2v) is 5.51. The summed E-state index contributed by atoms with van der Waals surface area (Å²) in [4.78, 5) is 26.8. The number of carboxylic acid groups (broad SMARTS) is 1. The standard InChI is InChI=1S/C16H16N2O3S/c1-2-15-18-13(10-22-15)9-17-14(19)8-5-11-3-6-12(7-4-11)16(20)21/h3-8,10H,2,9H2,1H3,(H,17,19)(H,20,21)/b8-5+. The molecule has 0 fully saturated rings. The number of benzene rings is 1. The lowest BCUT2D eigenvalue weighted by Crippen LogP contribution is -2.20. The number of amides is 1. The van der Waals surface area contributed by atoms with Gasteiger partial charge in [-0.15, -0.1) is 11.3 Å². The lowest BCUT2D eigenvalue weighted by Gasteiger charge is -1.99. The quantitative estimate of drug-likeness (QED) is 0.803. The molecule has 114 valence electrons. The van der Waals surface area contributed by atoms with Gasteiger partial charge in [-0.05, 0) is 30.2 Å². The van der Waals surface area contributed by atoms with Crippen LogP contribution in [0.1, 0.15) is 33.5 Å². The first-order valence-electron chi connectivity index (χ1n) is 6.81. The Balaban J connectivity index is 1.86. The molecule has 0 spiro atoms. The maximum Gasteiger partial charge on any atom is 0.335 e. The normalized spacial score (nSPS) is 10.8. The van der Waals surface area contributed by atoms with Crippen molar-refractivity contribution in [2.45, 2.75) is 19.9 Å². The molecule has 1 heterocycles. The van der Waals surface area contributed by atoms with Crippen LogP contribution >= 0.6 is 11.3 Å². The van der Waals surface area contributed by atoms with Crippen molar-refractivity contribution < 1.29 is 14.7 Å². The van der Waals surface area contributed by atoms with Crippen LogP contribution in [0.3, 0.4) is 0 Å². The Labute approximate surface area is 132 Å². The van der Waals surface area contributed by atoms with Gasteiger partial charge in [-0.25, -0.2) is 9.78 Å². The van der Waals surface area contributed by atoms with Gasteiger partial charge in [0.2, 0.25) is 5.91 Å². The van der Waals surface area contributed by atoms with Gasteiger partial charge >= 0.3 is 5.97 Å². The van der Waals surface area contributed by atoms with Gasteiger partial charge in [0.15, 0.2) is 0 Å². The van der Waals surface area contributed by atoms with E-state index >= 15 is 0 Å². The SMILES string of the molecule is CCc1nc(CNC(=O)/C=C/c2ccc(C(=O)O)cc2)cs1. The molecule has 0 aliphatic carbocycles. The van der Waals surface area contributed by atoms with Crippen LogP contribution < -0.4 is 5.32 Å². The average molecular weight is 316 g/mol. The molecule has 0 radical (unpaired) electrons. The second-order valence-electron chi connectivity index (χ2n) is 4.56. The summed E-state index contributed by atoms with van der Waals surface area (Å²) in [6, 6.07) is 6.31. The molecular weight excluding hydrogens is 300 g/mol. The van der Waals surface area contributed by atoms with Gasteiger partial charge in [-0.2, -0.15) is 0 Å². The van der Waals surface area contributed by atoms with Crippen LogP contribution in [0.5, 0.6) is 0 Å². The second kappa shape index (κ2) is 7.51. The summed E-state index contributed by atoms with van der Waals surface area (Å²) in [5, 5.41) is 14.6. The van der Waals surface area contributed by atoms with E-state index in [2.05, 4.69) is 10.3 Å². The van der Waals surface area contributed by atoms with E-state index in [1.165, 1.54) is 18.2 Å². The summed E-state index contributed by atoms with van der Waals surface area (Å²) >= 11 is 1.59. The van der Waals surface area contributed by atoms with E-state index in [4.69, 9.17) is 5.11 Å². The fourth-order valence-electron chi connectivity index (χ4n) is 1.74. The molecule has 5 nitrogen and oxygen atoms in total. The molecule has 0 bridgehead atoms. The molecule has 1 amide bonds. The molecule has 2 N–H and O–H groups in total. The molecule has 6 heteroatoms. The number of carbonyl (C=O) groups is 2. The highest BCUT2D eigenvalue weighted by molar-refractivity contribution is 7.09. The number of rotatable bonds is 6. The van der Waals surface area contributed by atoms with Gasteiger partial charge < -0.3 is 10.4 Å². The Morgan fingerprint density at radius 2 is 2.05 bits per heavy atom. The number of hydrogen-bond acceptors (Lipinski definition) is 4.